The molecule has 176 valence electrons. The number of nitrogens with zero attached hydrogens (tertiary/aromatic N) is 3. The molecule has 2 unspecified atom stereocenters. The van der Waals surface area contributed by atoms with Crippen molar-refractivity contribution in [3.05, 3.63) is 41.4 Å². The van der Waals surface area contributed by atoms with E-state index in [2.05, 4.69) is 22.8 Å². The Morgan fingerprint density at radius 3 is 2.70 bits per heavy atom. The molecule has 1 aromatic rings. The lowest BCUT2D eigenvalue weighted by Crippen LogP contribution is -2.38. The molecule has 1 aliphatic carbocycles. The number of hydrogen-bond donors (Lipinski definition) is 1. The molecular formula is C23H26FN3O6. The molecule has 4 aliphatic rings. The SMILES string of the molecule is COc1c(N2CC3=CCCN(C)C3C2)c(F)cc2c1N(C1CC1)C=CC2OC(=O)OC(=O)O. The molecule has 3 aliphatic heterocycles. The number of carboxylic acid groups (broad SMARTS) is 1. The molecule has 1 saturated carbocycles. The highest BCUT2D eigenvalue weighted by Gasteiger charge is 2.41. The quantitative estimate of drug-likeness (QED) is 0.411. The molecule has 3 heterocycles. The summed E-state index contributed by atoms with van der Waals surface area (Å²) in [5, 5.41) is 8.68. The molecular weight excluding hydrogens is 433 g/mol. The standard InChI is InChI=1S/C23H26FN3O6/c1-25-8-3-4-13-11-26(12-17(13)25)20-16(24)10-15-18(32-23(30)33-22(28)29)7-9-27(14-5-6-14)19(15)21(20)31-2/h4,7,9-10,14,17-18H,3,5-6,8,11-12H2,1-2H3,(H,28,29). The van der Waals surface area contributed by atoms with Crippen molar-refractivity contribution in [3.63, 3.8) is 0 Å². The van der Waals surface area contributed by atoms with Crippen LogP contribution in [0.5, 0.6) is 5.75 Å². The lowest BCUT2D eigenvalue weighted by Gasteiger charge is -2.34. The van der Waals surface area contributed by atoms with Gasteiger partial charge in [-0.05, 0) is 44.0 Å². The molecule has 0 amide bonds. The first-order chi connectivity index (χ1) is 15.9. The van der Waals surface area contributed by atoms with E-state index in [1.165, 1.54) is 18.7 Å². The lowest BCUT2D eigenvalue weighted by atomic mass is 9.99. The molecule has 1 saturated heterocycles. The maximum atomic E-state index is 15.7. The first kappa shape index (κ1) is 21.6. The summed E-state index contributed by atoms with van der Waals surface area (Å²) in [5.74, 6) is -0.109. The monoisotopic (exact) mass is 459 g/mol. The molecule has 0 spiro atoms. The third-order valence-electron chi connectivity index (χ3n) is 6.67. The third-order valence-corrected chi connectivity index (χ3v) is 6.67. The van der Waals surface area contributed by atoms with Crippen molar-refractivity contribution < 1.29 is 33.3 Å². The van der Waals surface area contributed by atoms with E-state index in [1.54, 1.807) is 12.3 Å². The van der Waals surface area contributed by atoms with E-state index in [4.69, 9.17) is 14.6 Å². The molecule has 2 atom stereocenters. The summed E-state index contributed by atoms with van der Waals surface area (Å²) in [6, 6.07) is 1.83. The Morgan fingerprint density at radius 2 is 2.03 bits per heavy atom. The van der Waals surface area contributed by atoms with Crippen LogP contribution in [0.15, 0.2) is 30.0 Å². The summed E-state index contributed by atoms with van der Waals surface area (Å²) in [7, 11) is 3.59. The van der Waals surface area contributed by atoms with Gasteiger partial charge in [0.15, 0.2) is 17.7 Å². The summed E-state index contributed by atoms with van der Waals surface area (Å²) < 4.78 is 30.7. The van der Waals surface area contributed by atoms with Gasteiger partial charge in [-0.3, -0.25) is 4.90 Å². The van der Waals surface area contributed by atoms with Crippen LogP contribution in [0.25, 0.3) is 0 Å². The summed E-state index contributed by atoms with van der Waals surface area (Å²) >= 11 is 0. The highest BCUT2D eigenvalue weighted by molar-refractivity contribution is 5.81. The van der Waals surface area contributed by atoms with Gasteiger partial charge in [0, 0.05) is 43.5 Å². The van der Waals surface area contributed by atoms with Gasteiger partial charge in [-0.2, -0.15) is 0 Å². The number of carbonyl (C=O) groups is 2. The normalized spacial score (nSPS) is 24.2. The number of halogens is 1. The number of fused-ring (bicyclic) bond motifs is 2. The van der Waals surface area contributed by atoms with Crippen molar-refractivity contribution in [2.45, 2.75) is 37.5 Å². The second-order valence-corrected chi connectivity index (χ2v) is 8.76. The first-order valence-corrected chi connectivity index (χ1v) is 11.0. The van der Waals surface area contributed by atoms with Crippen LogP contribution < -0.4 is 14.5 Å². The molecule has 0 aromatic heterocycles. The Labute approximate surface area is 190 Å². The van der Waals surface area contributed by atoms with Crippen molar-refractivity contribution in [3.8, 4) is 5.75 Å². The van der Waals surface area contributed by atoms with Crippen molar-refractivity contribution >= 4 is 23.7 Å². The van der Waals surface area contributed by atoms with Crippen LogP contribution in [0, 0.1) is 5.82 Å². The summed E-state index contributed by atoms with van der Waals surface area (Å²) in [6.07, 6.45) is 4.41. The minimum absolute atomic E-state index is 0.236. The van der Waals surface area contributed by atoms with E-state index in [9.17, 15) is 9.59 Å². The Bertz CT molecular complexity index is 1050. The van der Waals surface area contributed by atoms with Crippen LogP contribution in [0.4, 0.5) is 25.4 Å². The number of hydrogen-bond acceptors (Lipinski definition) is 8. The van der Waals surface area contributed by atoms with Gasteiger partial charge in [-0.25, -0.2) is 14.0 Å². The van der Waals surface area contributed by atoms with Gasteiger partial charge in [0.1, 0.15) is 5.69 Å². The second-order valence-electron chi connectivity index (χ2n) is 8.76. The molecule has 5 rings (SSSR count). The molecule has 0 bridgehead atoms. The molecule has 1 N–H and O–H groups in total. The highest BCUT2D eigenvalue weighted by atomic mass is 19.1. The summed E-state index contributed by atoms with van der Waals surface area (Å²) in [5.41, 5.74) is 2.68. The fourth-order valence-electron chi connectivity index (χ4n) is 5.02. The molecule has 2 fully saturated rings. The lowest BCUT2D eigenvalue weighted by molar-refractivity contribution is 0.0393. The fourth-order valence-corrected chi connectivity index (χ4v) is 5.02. The maximum Gasteiger partial charge on any atom is 0.519 e. The Morgan fingerprint density at radius 1 is 1.24 bits per heavy atom. The van der Waals surface area contributed by atoms with Gasteiger partial charge in [0.2, 0.25) is 0 Å². The van der Waals surface area contributed by atoms with Crippen molar-refractivity contribution in [2.24, 2.45) is 0 Å². The molecule has 10 heteroatoms. The fraction of sp³-hybridized carbons (Fsp3) is 0.478. The maximum absolute atomic E-state index is 15.7. The van der Waals surface area contributed by atoms with Crippen molar-refractivity contribution in [2.75, 3.05) is 43.6 Å². The predicted octanol–water partition coefficient (Wildman–Crippen LogP) is 3.65. The van der Waals surface area contributed by atoms with Crippen LogP contribution in [0.1, 0.15) is 30.9 Å². The van der Waals surface area contributed by atoms with Gasteiger partial charge in [0.25, 0.3) is 0 Å². The number of ether oxygens (including phenoxy) is 3. The molecule has 1 aromatic carbocycles. The van der Waals surface area contributed by atoms with Gasteiger partial charge in [-0.1, -0.05) is 6.08 Å². The number of likely N-dealkylation sites (N-methyl/N-ethyl adjacent to an activating group) is 1. The van der Waals surface area contributed by atoms with E-state index in [-0.39, 0.29) is 12.1 Å². The smallest absolute Gasteiger partial charge is 0.492 e. The largest absolute Gasteiger partial charge is 0.519 e. The second kappa shape index (κ2) is 8.26. The Kier molecular flexibility index (Phi) is 5.40. The van der Waals surface area contributed by atoms with Crippen LogP contribution in [-0.2, 0) is 9.47 Å². The van der Waals surface area contributed by atoms with Crippen molar-refractivity contribution in [1.82, 2.24) is 4.90 Å². The zero-order valence-electron chi connectivity index (χ0n) is 18.5. The van der Waals surface area contributed by atoms with E-state index < -0.39 is 24.2 Å². The molecule has 9 nitrogen and oxygen atoms in total. The van der Waals surface area contributed by atoms with E-state index in [1.807, 2.05) is 9.80 Å². The number of rotatable bonds is 4. The number of carbonyl (C=O) groups excluding carboxylic acids is 1. The van der Waals surface area contributed by atoms with Gasteiger partial charge < -0.3 is 29.1 Å². The van der Waals surface area contributed by atoms with Crippen LogP contribution >= 0.6 is 0 Å². The predicted molar refractivity (Wildman–Crippen MR) is 117 cm³/mol. The summed E-state index contributed by atoms with van der Waals surface area (Å²) in [4.78, 5) is 28.8. The molecule has 0 radical (unpaired) electrons. The minimum atomic E-state index is -1.77. The van der Waals surface area contributed by atoms with Gasteiger partial charge in [-0.15, -0.1) is 0 Å². The zero-order valence-corrected chi connectivity index (χ0v) is 18.5. The first-order valence-electron chi connectivity index (χ1n) is 11.0. The Balaban J connectivity index is 1.55. The van der Waals surface area contributed by atoms with Crippen LogP contribution in [-0.4, -0.2) is 68.2 Å². The third kappa shape index (κ3) is 3.88. The summed E-state index contributed by atoms with van der Waals surface area (Å²) in [6.45, 7) is 2.24. The minimum Gasteiger partial charge on any atom is -0.492 e. The van der Waals surface area contributed by atoms with E-state index >= 15 is 4.39 Å². The number of benzene rings is 1. The molecule has 33 heavy (non-hydrogen) atoms. The van der Waals surface area contributed by atoms with E-state index in [0.717, 1.165) is 25.8 Å². The number of anilines is 2. The van der Waals surface area contributed by atoms with E-state index in [0.29, 0.717) is 35.8 Å². The van der Waals surface area contributed by atoms with Gasteiger partial charge >= 0.3 is 12.3 Å². The highest BCUT2D eigenvalue weighted by Crippen LogP contribution is 2.51. The zero-order chi connectivity index (χ0) is 23.3. The van der Waals surface area contributed by atoms with Crippen molar-refractivity contribution in [1.29, 1.82) is 0 Å². The van der Waals surface area contributed by atoms with Crippen LogP contribution in [0.2, 0.25) is 0 Å². The average Bonchev–Trinajstić information content (AvgIpc) is 3.51. The number of methoxy groups -OCH3 is 1. The van der Waals surface area contributed by atoms with Crippen LogP contribution in [0.3, 0.4) is 0 Å². The van der Waals surface area contributed by atoms with Gasteiger partial charge in [0.05, 0.1) is 12.8 Å². The average molecular weight is 459 g/mol. The Hall–Kier alpha value is -3.27. The topological polar surface area (TPSA) is 91.8 Å².